The van der Waals surface area contributed by atoms with E-state index in [4.69, 9.17) is 11.6 Å². The SMILES string of the molecule is CCN(CC(C)C)c1ccc(CCl)cc1C(F)(F)F. The van der Waals surface area contributed by atoms with Gasteiger partial charge in [0.1, 0.15) is 0 Å². The van der Waals surface area contributed by atoms with Gasteiger partial charge in [0.25, 0.3) is 0 Å². The number of alkyl halides is 4. The monoisotopic (exact) mass is 293 g/mol. The summed E-state index contributed by atoms with van der Waals surface area (Å²) in [7, 11) is 0. The van der Waals surface area contributed by atoms with E-state index in [1.807, 2.05) is 20.8 Å². The second-order valence-corrected chi connectivity index (χ2v) is 5.18. The third-order valence-corrected chi connectivity index (χ3v) is 3.14. The Hall–Kier alpha value is -0.900. The van der Waals surface area contributed by atoms with Crippen molar-refractivity contribution in [3.63, 3.8) is 0 Å². The summed E-state index contributed by atoms with van der Waals surface area (Å²) in [5.41, 5.74) is 0.115. The number of benzene rings is 1. The van der Waals surface area contributed by atoms with Crippen LogP contribution in [0.1, 0.15) is 31.9 Å². The lowest BCUT2D eigenvalue weighted by atomic mass is 10.1. The average Bonchev–Trinajstić information content (AvgIpc) is 2.34. The van der Waals surface area contributed by atoms with Crippen molar-refractivity contribution in [2.24, 2.45) is 5.92 Å². The minimum atomic E-state index is -4.36. The van der Waals surface area contributed by atoms with Crippen molar-refractivity contribution < 1.29 is 13.2 Å². The summed E-state index contributed by atoms with van der Waals surface area (Å²) in [6, 6.07) is 4.32. The molecule has 0 saturated carbocycles. The Balaban J connectivity index is 3.24. The van der Waals surface area contributed by atoms with E-state index in [0.29, 0.717) is 24.6 Å². The average molecular weight is 294 g/mol. The molecule has 1 aromatic rings. The normalized spacial score (nSPS) is 12.0. The third-order valence-electron chi connectivity index (χ3n) is 2.83. The van der Waals surface area contributed by atoms with E-state index < -0.39 is 11.7 Å². The molecule has 19 heavy (non-hydrogen) atoms. The van der Waals surface area contributed by atoms with Crippen molar-refractivity contribution in [1.29, 1.82) is 0 Å². The fourth-order valence-electron chi connectivity index (χ4n) is 2.01. The molecule has 1 rings (SSSR count). The van der Waals surface area contributed by atoms with Gasteiger partial charge in [0.05, 0.1) is 5.56 Å². The predicted octanol–water partition coefficient (Wildman–Crippen LogP) is 4.93. The van der Waals surface area contributed by atoms with Gasteiger partial charge in [-0.3, -0.25) is 0 Å². The second kappa shape index (κ2) is 6.51. The highest BCUT2D eigenvalue weighted by Gasteiger charge is 2.35. The van der Waals surface area contributed by atoms with Crippen LogP contribution >= 0.6 is 11.6 Å². The fourth-order valence-corrected chi connectivity index (χ4v) is 2.17. The van der Waals surface area contributed by atoms with Crippen LogP contribution in [-0.2, 0) is 12.1 Å². The summed E-state index contributed by atoms with van der Waals surface area (Å²) in [6.45, 7) is 6.98. The number of nitrogens with zero attached hydrogens (tertiary/aromatic N) is 1. The molecule has 0 aliphatic heterocycles. The summed E-state index contributed by atoms with van der Waals surface area (Å²) < 4.78 is 39.4. The Morgan fingerprint density at radius 1 is 1.26 bits per heavy atom. The molecule has 0 fully saturated rings. The standard InChI is InChI=1S/C14H19ClF3N/c1-4-19(9-10(2)3)13-6-5-11(8-15)7-12(13)14(16,17)18/h5-7,10H,4,8-9H2,1-3H3. The van der Waals surface area contributed by atoms with Crippen molar-refractivity contribution in [1.82, 2.24) is 0 Å². The Labute approximate surface area is 117 Å². The first kappa shape index (κ1) is 16.2. The molecule has 0 radical (unpaired) electrons. The molecule has 0 unspecified atom stereocenters. The van der Waals surface area contributed by atoms with E-state index in [2.05, 4.69) is 0 Å². The summed E-state index contributed by atoms with van der Waals surface area (Å²) in [6.07, 6.45) is -4.36. The van der Waals surface area contributed by atoms with E-state index in [9.17, 15) is 13.2 Å². The van der Waals surface area contributed by atoms with Crippen molar-refractivity contribution >= 4 is 17.3 Å². The molecule has 0 aliphatic rings. The molecule has 0 aliphatic carbocycles. The molecule has 5 heteroatoms. The van der Waals surface area contributed by atoms with Crippen LogP contribution in [-0.4, -0.2) is 13.1 Å². The first-order chi connectivity index (χ1) is 8.79. The molecule has 0 saturated heterocycles. The Morgan fingerprint density at radius 3 is 2.32 bits per heavy atom. The number of hydrogen-bond acceptors (Lipinski definition) is 1. The molecule has 0 bridgehead atoms. The van der Waals surface area contributed by atoms with E-state index in [1.54, 1.807) is 11.0 Å². The first-order valence-electron chi connectivity index (χ1n) is 6.30. The molecule has 0 N–H and O–H groups in total. The maximum Gasteiger partial charge on any atom is 0.418 e. The summed E-state index contributed by atoms with van der Waals surface area (Å²) in [5.74, 6) is 0.383. The lowest BCUT2D eigenvalue weighted by molar-refractivity contribution is -0.137. The lowest BCUT2D eigenvalue weighted by Crippen LogP contribution is -2.29. The molecule has 1 nitrogen and oxygen atoms in total. The number of halogens is 4. The molecule has 1 aromatic carbocycles. The van der Waals surface area contributed by atoms with Crippen LogP contribution in [0.3, 0.4) is 0 Å². The van der Waals surface area contributed by atoms with Crippen LogP contribution in [0.2, 0.25) is 0 Å². The Bertz CT molecular complexity index is 416. The van der Waals surface area contributed by atoms with Gasteiger partial charge in [0.2, 0.25) is 0 Å². The van der Waals surface area contributed by atoms with Crippen molar-refractivity contribution in [2.75, 3.05) is 18.0 Å². The summed E-state index contributed by atoms with van der Waals surface area (Å²) >= 11 is 5.62. The third kappa shape index (κ3) is 4.30. The number of rotatable bonds is 5. The largest absolute Gasteiger partial charge is 0.418 e. The lowest BCUT2D eigenvalue weighted by Gasteiger charge is -2.28. The van der Waals surface area contributed by atoms with Crippen LogP contribution in [0.15, 0.2) is 18.2 Å². The molecular weight excluding hydrogens is 275 g/mol. The van der Waals surface area contributed by atoms with Gasteiger partial charge in [0.15, 0.2) is 0 Å². The number of anilines is 1. The minimum Gasteiger partial charge on any atom is -0.371 e. The van der Waals surface area contributed by atoms with Gasteiger partial charge < -0.3 is 4.90 Å². The Kier molecular flexibility index (Phi) is 5.53. The van der Waals surface area contributed by atoms with Crippen molar-refractivity contribution in [2.45, 2.75) is 32.8 Å². The van der Waals surface area contributed by atoms with Gasteiger partial charge >= 0.3 is 6.18 Å². The highest BCUT2D eigenvalue weighted by Crippen LogP contribution is 2.37. The fraction of sp³-hybridized carbons (Fsp3) is 0.571. The molecule has 0 amide bonds. The summed E-state index contributed by atoms with van der Waals surface area (Å²) in [4.78, 5) is 1.76. The van der Waals surface area contributed by atoms with Crippen LogP contribution in [0.25, 0.3) is 0 Å². The van der Waals surface area contributed by atoms with Crippen LogP contribution < -0.4 is 4.90 Å². The smallest absolute Gasteiger partial charge is 0.371 e. The van der Waals surface area contributed by atoms with Gasteiger partial charge in [-0.1, -0.05) is 19.9 Å². The van der Waals surface area contributed by atoms with Gasteiger partial charge in [-0.15, -0.1) is 11.6 Å². The van der Waals surface area contributed by atoms with E-state index in [-0.39, 0.29) is 11.6 Å². The second-order valence-electron chi connectivity index (χ2n) is 4.92. The maximum absolute atomic E-state index is 13.1. The number of hydrogen-bond donors (Lipinski definition) is 0. The zero-order chi connectivity index (χ0) is 14.6. The van der Waals surface area contributed by atoms with Gasteiger partial charge in [-0.25, -0.2) is 0 Å². The van der Waals surface area contributed by atoms with E-state index in [0.717, 1.165) is 6.07 Å². The molecule has 108 valence electrons. The maximum atomic E-state index is 13.1. The predicted molar refractivity (Wildman–Crippen MR) is 73.7 cm³/mol. The van der Waals surface area contributed by atoms with E-state index in [1.165, 1.54) is 6.07 Å². The quantitative estimate of drug-likeness (QED) is 0.696. The highest BCUT2D eigenvalue weighted by atomic mass is 35.5. The van der Waals surface area contributed by atoms with Gasteiger partial charge in [0, 0.05) is 24.7 Å². The molecule has 0 spiro atoms. The molecular formula is C14H19ClF3N. The van der Waals surface area contributed by atoms with Crippen LogP contribution in [0.4, 0.5) is 18.9 Å². The first-order valence-corrected chi connectivity index (χ1v) is 6.84. The molecule has 0 heterocycles. The molecule has 0 aromatic heterocycles. The van der Waals surface area contributed by atoms with Crippen molar-refractivity contribution in [3.8, 4) is 0 Å². The minimum absolute atomic E-state index is 0.0830. The van der Waals surface area contributed by atoms with Crippen LogP contribution in [0.5, 0.6) is 0 Å². The zero-order valence-electron chi connectivity index (χ0n) is 11.4. The summed E-state index contributed by atoms with van der Waals surface area (Å²) in [5, 5.41) is 0. The van der Waals surface area contributed by atoms with Gasteiger partial charge in [-0.2, -0.15) is 13.2 Å². The Morgan fingerprint density at radius 2 is 1.89 bits per heavy atom. The highest BCUT2D eigenvalue weighted by molar-refractivity contribution is 6.17. The molecule has 0 atom stereocenters. The van der Waals surface area contributed by atoms with Crippen molar-refractivity contribution in [3.05, 3.63) is 29.3 Å². The van der Waals surface area contributed by atoms with Crippen LogP contribution in [0, 0.1) is 5.92 Å². The van der Waals surface area contributed by atoms with Gasteiger partial charge in [-0.05, 0) is 30.5 Å². The topological polar surface area (TPSA) is 3.24 Å². The zero-order valence-corrected chi connectivity index (χ0v) is 12.1. The van der Waals surface area contributed by atoms with E-state index >= 15 is 0 Å².